The predicted octanol–water partition coefficient (Wildman–Crippen LogP) is 9.16. The van der Waals surface area contributed by atoms with Gasteiger partial charge in [0.05, 0.1) is 4.70 Å². The van der Waals surface area contributed by atoms with Crippen LogP contribution in [-0.4, -0.2) is 11.4 Å². The molecule has 10 heteroatoms. The van der Waals surface area contributed by atoms with E-state index >= 15 is 0 Å². The molecule has 40 heavy (non-hydrogen) atoms. The highest BCUT2D eigenvalue weighted by atomic mass is 32.1. The van der Waals surface area contributed by atoms with Gasteiger partial charge in [0.1, 0.15) is 34.3 Å². The summed E-state index contributed by atoms with van der Waals surface area (Å²) in [7, 11) is 0. The molecule has 0 atom stereocenters. The zero-order valence-electron chi connectivity index (χ0n) is 21.8. The Balaban J connectivity index is 1.38. The van der Waals surface area contributed by atoms with Gasteiger partial charge in [0.25, 0.3) is 0 Å². The summed E-state index contributed by atoms with van der Waals surface area (Å²) in [5.74, 6) is 0. The van der Waals surface area contributed by atoms with E-state index in [0.29, 0.717) is 10.0 Å². The molecule has 0 amide bonds. The molecule has 0 N–H and O–H groups in total. The van der Waals surface area contributed by atoms with Crippen molar-refractivity contribution in [2.45, 2.75) is 33.1 Å². The molecule has 0 fully saturated rings. The van der Waals surface area contributed by atoms with Crippen LogP contribution in [-0.2, 0) is 5.41 Å². The Hall–Kier alpha value is -4.16. The van der Waals surface area contributed by atoms with Crippen molar-refractivity contribution in [2.24, 2.45) is 15.4 Å². The standard InChI is InChI=1S/C30H18N6S4/c1-29(2)17(19-5-7-23(37-19)35-15(11-31)12-32)9-18-25(29)28-26(30(18,3)4)27-22(40-28)10-21(39-27)20-6-8-24(38-20)36-16(13-33)14-34/h5-10H,1-4H3. The average Bonchev–Trinajstić information content (AvgIpc) is 3.74. The van der Waals surface area contributed by atoms with Crippen molar-refractivity contribution >= 4 is 87.3 Å². The second-order valence-electron chi connectivity index (χ2n) is 10.4. The average molecular weight is 591 g/mol. The highest BCUT2D eigenvalue weighted by Crippen LogP contribution is 2.66. The lowest BCUT2D eigenvalue weighted by molar-refractivity contribution is 0.660. The molecule has 4 aromatic rings. The number of hydrogen-bond acceptors (Lipinski definition) is 10. The molecule has 0 unspecified atom stereocenters. The topological polar surface area (TPSA) is 120 Å². The quantitative estimate of drug-likeness (QED) is 0.220. The van der Waals surface area contributed by atoms with E-state index in [4.69, 9.17) is 21.0 Å². The molecular weight excluding hydrogens is 573 g/mol. The van der Waals surface area contributed by atoms with E-state index in [9.17, 15) is 0 Å². The van der Waals surface area contributed by atoms with Crippen molar-refractivity contribution in [1.82, 2.24) is 0 Å². The zero-order chi connectivity index (χ0) is 28.4. The van der Waals surface area contributed by atoms with Gasteiger partial charge >= 0.3 is 0 Å². The fourth-order valence-electron chi connectivity index (χ4n) is 5.46. The molecule has 4 heterocycles. The van der Waals surface area contributed by atoms with E-state index in [-0.39, 0.29) is 22.3 Å². The summed E-state index contributed by atoms with van der Waals surface area (Å²) >= 11 is 6.62. The van der Waals surface area contributed by atoms with E-state index in [1.54, 1.807) is 11.3 Å². The minimum atomic E-state index is -0.216. The zero-order valence-corrected chi connectivity index (χ0v) is 25.0. The highest BCUT2D eigenvalue weighted by Gasteiger charge is 2.50. The van der Waals surface area contributed by atoms with Gasteiger partial charge in [-0.1, -0.05) is 33.8 Å². The molecule has 192 valence electrons. The van der Waals surface area contributed by atoms with Gasteiger partial charge in [-0.25, -0.2) is 9.98 Å². The lowest BCUT2D eigenvalue weighted by Gasteiger charge is -2.26. The lowest BCUT2D eigenvalue weighted by atomic mass is 9.79. The number of allylic oxidation sites excluding steroid dienone is 4. The molecule has 0 radical (unpaired) electrons. The van der Waals surface area contributed by atoms with Crippen molar-refractivity contribution in [1.29, 1.82) is 21.0 Å². The minimum absolute atomic E-state index is 0.141. The Kier molecular flexibility index (Phi) is 6.00. The molecule has 0 aliphatic heterocycles. The predicted molar refractivity (Wildman–Crippen MR) is 166 cm³/mol. The van der Waals surface area contributed by atoms with Crippen LogP contribution in [0, 0.1) is 50.7 Å². The maximum atomic E-state index is 9.08. The Labute approximate surface area is 247 Å². The van der Waals surface area contributed by atoms with Gasteiger partial charge in [0, 0.05) is 35.0 Å². The van der Waals surface area contributed by atoms with Crippen LogP contribution in [0.3, 0.4) is 0 Å². The SMILES string of the molecule is CC1(C)C(c2ccc(N=C(C#N)C#N)s2)=CC2=C1c1sc3cc(-c4ccc(N=C(C#N)C#N)s4)sc3c1C2(C)C. The van der Waals surface area contributed by atoms with Gasteiger partial charge < -0.3 is 0 Å². The van der Waals surface area contributed by atoms with Gasteiger partial charge in [-0.15, -0.1) is 45.3 Å². The summed E-state index contributed by atoms with van der Waals surface area (Å²) in [6, 6.07) is 17.3. The smallest absolute Gasteiger partial charge is 0.216 e. The molecule has 0 aromatic carbocycles. The molecule has 6 rings (SSSR count). The van der Waals surface area contributed by atoms with Crippen molar-refractivity contribution < 1.29 is 0 Å². The van der Waals surface area contributed by atoms with E-state index in [2.05, 4.69) is 49.8 Å². The summed E-state index contributed by atoms with van der Waals surface area (Å²) in [4.78, 5) is 13.0. The van der Waals surface area contributed by atoms with E-state index < -0.39 is 0 Å². The van der Waals surface area contributed by atoms with Crippen LogP contribution in [0.1, 0.15) is 43.0 Å². The fraction of sp³-hybridized carbons (Fsp3) is 0.200. The first-order valence-corrected chi connectivity index (χ1v) is 15.4. The van der Waals surface area contributed by atoms with Crippen molar-refractivity contribution in [2.75, 3.05) is 0 Å². The van der Waals surface area contributed by atoms with Crippen molar-refractivity contribution in [3.8, 4) is 34.0 Å². The first kappa shape index (κ1) is 26.1. The number of rotatable bonds is 4. The fourth-order valence-corrected chi connectivity index (χ4v) is 10.7. The van der Waals surface area contributed by atoms with E-state index in [1.165, 1.54) is 59.2 Å². The molecule has 0 saturated heterocycles. The molecule has 0 saturated carbocycles. The van der Waals surface area contributed by atoms with Gasteiger partial charge in [0.15, 0.2) is 0 Å². The van der Waals surface area contributed by atoms with E-state index in [1.807, 2.05) is 59.9 Å². The van der Waals surface area contributed by atoms with Crippen LogP contribution in [0.5, 0.6) is 0 Å². The number of hydrogen-bond donors (Lipinski definition) is 0. The summed E-state index contributed by atoms with van der Waals surface area (Å²) in [6.45, 7) is 9.15. The van der Waals surface area contributed by atoms with Gasteiger partial charge in [-0.3, -0.25) is 0 Å². The van der Waals surface area contributed by atoms with Gasteiger partial charge in [0.2, 0.25) is 11.4 Å². The van der Waals surface area contributed by atoms with E-state index in [0.717, 1.165) is 14.6 Å². The third-order valence-corrected chi connectivity index (χ3v) is 11.9. The Bertz CT molecular complexity index is 2020. The Morgan fingerprint density at radius 2 is 1.27 bits per heavy atom. The van der Waals surface area contributed by atoms with Gasteiger partial charge in [-0.2, -0.15) is 21.0 Å². The number of thiophene rings is 4. The van der Waals surface area contributed by atoms with Crippen molar-refractivity contribution in [3.05, 3.63) is 57.3 Å². The molecule has 2 aliphatic carbocycles. The molecule has 2 aliphatic rings. The first-order chi connectivity index (χ1) is 19.1. The van der Waals surface area contributed by atoms with Crippen LogP contribution in [0.15, 0.2) is 52.0 Å². The number of nitriles is 4. The number of nitrogens with zero attached hydrogens (tertiary/aromatic N) is 6. The lowest BCUT2D eigenvalue weighted by Crippen LogP contribution is -2.15. The van der Waals surface area contributed by atoms with Crippen LogP contribution < -0.4 is 0 Å². The van der Waals surface area contributed by atoms with Crippen LogP contribution >= 0.6 is 45.3 Å². The summed E-state index contributed by atoms with van der Waals surface area (Å²) in [5.41, 5.74) is 4.66. The minimum Gasteiger partial charge on any atom is -0.216 e. The second-order valence-corrected chi connectivity index (χ2v) is 14.6. The third-order valence-electron chi connectivity index (χ3n) is 7.31. The Morgan fingerprint density at radius 3 is 1.88 bits per heavy atom. The molecule has 4 aromatic heterocycles. The monoisotopic (exact) mass is 590 g/mol. The maximum Gasteiger partial charge on any atom is 0.219 e. The van der Waals surface area contributed by atoms with Gasteiger partial charge in [-0.05, 0) is 52.6 Å². The van der Waals surface area contributed by atoms with Crippen molar-refractivity contribution in [3.63, 3.8) is 0 Å². The van der Waals surface area contributed by atoms with Crippen LogP contribution in [0.25, 0.3) is 30.3 Å². The maximum absolute atomic E-state index is 9.08. The van der Waals surface area contributed by atoms with Crippen LogP contribution in [0.2, 0.25) is 0 Å². The second kappa shape index (κ2) is 9.20. The molecule has 0 bridgehead atoms. The third kappa shape index (κ3) is 3.81. The molecule has 6 nitrogen and oxygen atoms in total. The normalized spacial score (nSPS) is 15.8. The summed E-state index contributed by atoms with van der Waals surface area (Å²) < 4.78 is 2.57. The molecule has 0 spiro atoms. The first-order valence-electron chi connectivity index (χ1n) is 12.1. The Morgan fingerprint density at radius 1 is 0.700 bits per heavy atom. The largest absolute Gasteiger partial charge is 0.219 e. The van der Waals surface area contributed by atoms with Crippen LogP contribution in [0.4, 0.5) is 10.0 Å². The summed E-state index contributed by atoms with van der Waals surface area (Å²) in [5, 5.41) is 37.5. The number of fused-ring (bicyclic) bond motifs is 4. The summed E-state index contributed by atoms with van der Waals surface area (Å²) in [6.07, 6.45) is 2.34. The highest BCUT2D eigenvalue weighted by molar-refractivity contribution is 7.32. The number of aliphatic imine (C=N–C) groups is 2. The molecular formula is C30H18N6S4.